The van der Waals surface area contributed by atoms with Crippen molar-refractivity contribution in [2.75, 3.05) is 0 Å². The van der Waals surface area contributed by atoms with Gasteiger partial charge in [0.2, 0.25) is 0 Å². The minimum atomic E-state index is -0.383. The molecule has 0 unspecified atom stereocenters. The van der Waals surface area contributed by atoms with Gasteiger partial charge >= 0.3 is 0 Å². The Bertz CT molecular complexity index is 1010. The molecular formula is C21H18N2O2. The summed E-state index contributed by atoms with van der Waals surface area (Å²) in [4.78, 5) is 14.7. The van der Waals surface area contributed by atoms with Gasteiger partial charge in [-0.1, -0.05) is 48.0 Å². The van der Waals surface area contributed by atoms with Crippen molar-refractivity contribution >= 4 is 0 Å². The Morgan fingerprint density at radius 3 is 2.60 bits per heavy atom. The Morgan fingerprint density at radius 2 is 1.84 bits per heavy atom. The molecule has 124 valence electrons. The van der Waals surface area contributed by atoms with Gasteiger partial charge < -0.3 is 9.72 Å². The Morgan fingerprint density at radius 1 is 1.04 bits per heavy atom. The normalized spacial score (nSPS) is 10.3. The van der Waals surface area contributed by atoms with Crippen LogP contribution in [0.25, 0.3) is 11.1 Å². The summed E-state index contributed by atoms with van der Waals surface area (Å²) in [7, 11) is 0. The molecule has 3 aromatic rings. The standard InChI is InChI=1S/C21H18N2O2/c1-14-6-5-7-16(10-14)13-25-20-9-4-3-8-17(20)18-11-15(2)23-21(24)19(18)12-22/h3-11H,13H2,1-2H3,(H,23,24). The quantitative estimate of drug-likeness (QED) is 0.783. The smallest absolute Gasteiger partial charge is 0.266 e. The first-order chi connectivity index (χ1) is 12.1. The third-order valence-corrected chi connectivity index (χ3v) is 3.93. The molecule has 4 nitrogen and oxygen atoms in total. The second kappa shape index (κ2) is 7.06. The van der Waals surface area contributed by atoms with Gasteiger partial charge in [0.25, 0.3) is 5.56 Å². The lowest BCUT2D eigenvalue weighted by Crippen LogP contribution is -2.13. The van der Waals surface area contributed by atoms with Gasteiger partial charge in [-0.15, -0.1) is 0 Å². The number of H-pyrrole nitrogens is 1. The van der Waals surface area contributed by atoms with Crippen molar-refractivity contribution in [3.05, 3.63) is 87.3 Å². The Balaban J connectivity index is 2.00. The van der Waals surface area contributed by atoms with Gasteiger partial charge in [0.1, 0.15) is 24.0 Å². The largest absolute Gasteiger partial charge is 0.488 e. The van der Waals surface area contributed by atoms with Crippen LogP contribution in [0.3, 0.4) is 0 Å². The number of aryl methyl sites for hydroxylation is 2. The van der Waals surface area contributed by atoms with Crippen molar-refractivity contribution in [3.63, 3.8) is 0 Å². The van der Waals surface area contributed by atoms with Crippen LogP contribution in [0.1, 0.15) is 22.4 Å². The molecule has 0 aliphatic rings. The van der Waals surface area contributed by atoms with E-state index >= 15 is 0 Å². The lowest BCUT2D eigenvalue weighted by atomic mass is 10.00. The molecule has 0 saturated carbocycles. The Hall–Kier alpha value is -3.32. The summed E-state index contributed by atoms with van der Waals surface area (Å²) in [5.41, 5.74) is 3.98. The number of aromatic amines is 1. The fraction of sp³-hybridized carbons (Fsp3) is 0.143. The summed E-state index contributed by atoms with van der Waals surface area (Å²) in [6, 6.07) is 19.4. The van der Waals surface area contributed by atoms with Gasteiger partial charge in [-0.2, -0.15) is 5.26 Å². The Labute approximate surface area is 146 Å². The summed E-state index contributed by atoms with van der Waals surface area (Å²) < 4.78 is 5.99. The van der Waals surface area contributed by atoms with E-state index in [-0.39, 0.29) is 11.1 Å². The number of hydrogen-bond acceptors (Lipinski definition) is 3. The molecule has 0 fully saturated rings. The number of para-hydroxylation sites is 1. The van der Waals surface area contributed by atoms with E-state index in [0.717, 1.165) is 11.1 Å². The third kappa shape index (κ3) is 3.61. The summed E-state index contributed by atoms with van der Waals surface area (Å²) in [5, 5.41) is 9.37. The molecule has 4 heteroatoms. The topological polar surface area (TPSA) is 65.9 Å². The van der Waals surface area contributed by atoms with E-state index in [2.05, 4.69) is 11.1 Å². The van der Waals surface area contributed by atoms with Gasteiger partial charge in [-0.05, 0) is 31.5 Å². The summed E-state index contributed by atoms with van der Waals surface area (Å²) in [6.07, 6.45) is 0. The highest BCUT2D eigenvalue weighted by Crippen LogP contribution is 2.31. The van der Waals surface area contributed by atoms with Gasteiger partial charge in [-0.3, -0.25) is 4.79 Å². The molecule has 0 aliphatic heterocycles. The van der Waals surface area contributed by atoms with Gasteiger partial charge in [0, 0.05) is 16.8 Å². The van der Waals surface area contributed by atoms with Gasteiger partial charge in [0.05, 0.1) is 0 Å². The molecule has 0 saturated heterocycles. The number of nitrogens with zero attached hydrogens (tertiary/aromatic N) is 1. The highest BCUT2D eigenvalue weighted by atomic mass is 16.5. The van der Waals surface area contributed by atoms with Crippen molar-refractivity contribution in [2.24, 2.45) is 0 Å². The molecule has 0 atom stereocenters. The van der Waals surface area contributed by atoms with Crippen LogP contribution in [0.4, 0.5) is 0 Å². The molecule has 1 aromatic heterocycles. The number of ether oxygens (including phenoxy) is 1. The fourth-order valence-corrected chi connectivity index (χ4v) is 2.79. The van der Waals surface area contributed by atoms with Crippen molar-refractivity contribution in [1.29, 1.82) is 5.26 Å². The van der Waals surface area contributed by atoms with E-state index in [9.17, 15) is 10.1 Å². The minimum Gasteiger partial charge on any atom is -0.488 e. The lowest BCUT2D eigenvalue weighted by Gasteiger charge is -2.13. The van der Waals surface area contributed by atoms with E-state index in [0.29, 0.717) is 23.6 Å². The van der Waals surface area contributed by atoms with Crippen LogP contribution in [0.2, 0.25) is 0 Å². The first-order valence-corrected chi connectivity index (χ1v) is 8.00. The Kier molecular flexibility index (Phi) is 4.67. The average molecular weight is 330 g/mol. The lowest BCUT2D eigenvalue weighted by molar-refractivity contribution is 0.307. The molecule has 0 aliphatic carbocycles. The summed E-state index contributed by atoms with van der Waals surface area (Å²) >= 11 is 0. The van der Waals surface area contributed by atoms with Crippen molar-refractivity contribution < 1.29 is 4.74 Å². The van der Waals surface area contributed by atoms with Crippen molar-refractivity contribution in [2.45, 2.75) is 20.5 Å². The SMILES string of the molecule is Cc1cccc(COc2ccccc2-c2cc(C)[nH]c(=O)c2C#N)c1. The number of aromatic nitrogens is 1. The molecule has 0 radical (unpaired) electrons. The fourth-order valence-electron chi connectivity index (χ4n) is 2.79. The van der Waals surface area contributed by atoms with Gasteiger partial charge in [-0.25, -0.2) is 0 Å². The maximum atomic E-state index is 12.1. The molecule has 0 amide bonds. The average Bonchev–Trinajstić information content (AvgIpc) is 2.60. The van der Waals surface area contributed by atoms with Crippen LogP contribution in [0.5, 0.6) is 5.75 Å². The minimum absolute atomic E-state index is 0.0946. The van der Waals surface area contributed by atoms with E-state index < -0.39 is 0 Å². The number of hydrogen-bond donors (Lipinski definition) is 1. The third-order valence-electron chi connectivity index (χ3n) is 3.93. The molecule has 3 rings (SSSR count). The van der Waals surface area contributed by atoms with Crippen LogP contribution >= 0.6 is 0 Å². The number of pyridine rings is 1. The zero-order valence-corrected chi connectivity index (χ0v) is 14.2. The van der Waals surface area contributed by atoms with Gasteiger partial charge in [0.15, 0.2) is 0 Å². The molecule has 25 heavy (non-hydrogen) atoms. The maximum Gasteiger partial charge on any atom is 0.266 e. The zero-order valence-electron chi connectivity index (χ0n) is 14.2. The van der Waals surface area contributed by atoms with Crippen LogP contribution in [0, 0.1) is 25.2 Å². The van der Waals surface area contributed by atoms with E-state index in [4.69, 9.17) is 4.74 Å². The first-order valence-electron chi connectivity index (χ1n) is 8.00. The number of rotatable bonds is 4. The first kappa shape index (κ1) is 16.5. The molecule has 1 N–H and O–H groups in total. The van der Waals surface area contributed by atoms with E-state index in [1.165, 1.54) is 5.56 Å². The second-order valence-corrected chi connectivity index (χ2v) is 5.96. The van der Waals surface area contributed by atoms with Crippen molar-refractivity contribution in [1.82, 2.24) is 4.98 Å². The van der Waals surface area contributed by atoms with E-state index in [1.807, 2.05) is 55.5 Å². The molecule has 1 heterocycles. The van der Waals surface area contributed by atoms with E-state index in [1.54, 1.807) is 13.0 Å². The van der Waals surface area contributed by atoms with Crippen LogP contribution in [-0.4, -0.2) is 4.98 Å². The highest BCUT2D eigenvalue weighted by Gasteiger charge is 2.14. The number of nitrogens with one attached hydrogen (secondary N) is 1. The predicted octanol–water partition coefficient (Wildman–Crippen LogP) is 4.11. The molecular weight excluding hydrogens is 312 g/mol. The second-order valence-electron chi connectivity index (χ2n) is 5.96. The number of nitriles is 1. The van der Waals surface area contributed by atoms with Crippen LogP contribution in [0.15, 0.2) is 59.4 Å². The maximum absolute atomic E-state index is 12.1. The number of benzene rings is 2. The molecule has 0 spiro atoms. The summed E-state index contributed by atoms with van der Waals surface area (Å²) in [6.45, 7) is 4.25. The van der Waals surface area contributed by atoms with Crippen LogP contribution < -0.4 is 10.3 Å². The zero-order chi connectivity index (χ0) is 17.8. The highest BCUT2D eigenvalue weighted by molar-refractivity contribution is 5.75. The summed E-state index contributed by atoms with van der Waals surface area (Å²) in [5.74, 6) is 0.644. The predicted molar refractivity (Wildman–Crippen MR) is 97.5 cm³/mol. The monoisotopic (exact) mass is 330 g/mol. The molecule has 2 aromatic carbocycles. The van der Waals surface area contributed by atoms with Crippen molar-refractivity contribution in [3.8, 4) is 22.9 Å². The molecule has 0 bridgehead atoms. The van der Waals surface area contributed by atoms with Crippen LogP contribution in [-0.2, 0) is 6.61 Å².